The molecule has 0 atom stereocenters. The minimum Gasteiger partial charge on any atom is -0.264 e. The highest BCUT2D eigenvalue weighted by Crippen LogP contribution is 2.49. The molecule has 9 rings (SSSR count). The van der Waals surface area contributed by atoms with Crippen LogP contribution in [0.5, 0.6) is 0 Å². The number of benzene rings is 6. The first-order chi connectivity index (χ1) is 25.0. The number of aromatic nitrogens is 4. The van der Waals surface area contributed by atoms with E-state index in [1.807, 2.05) is 72.9 Å². The molecule has 1 aliphatic rings. The molecule has 0 spiro atoms. The minimum absolute atomic E-state index is 0.0555. The molecule has 0 N–H and O–H groups in total. The Hall–Kier alpha value is -6.52. The molecule has 4 nitrogen and oxygen atoms in total. The van der Waals surface area contributed by atoms with Crippen molar-refractivity contribution in [3.63, 3.8) is 0 Å². The summed E-state index contributed by atoms with van der Waals surface area (Å²) in [5, 5.41) is 0. The third-order valence-electron chi connectivity index (χ3n) is 10.0. The molecule has 6 aromatic carbocycles. The van der Waals surface area contributed by atoms with Crippen LogP contribution in [0.3, 0.4) is 0 Å². The Labute approximate surface area is 298 Å². The lowest BCUT2D eigenvalue weighted by Gasteiger charge is -2.21. The number of hydrogen-bond donors (Lipinski definition) is 0. The molecule has 0 amide bonds. The smallest absolute Gasteiger partial charge is 0.164 e. The first kappa shape index (κ1) is 30.5. The molecule has 2 heterocycles. The summed E-state index contributed by atoms with van der Waals surface area (Å²) < 4.78 is 0. The lowest BCUT2D eigenvalue weighted by atomic mass is 9.82. The zero-order valence-electron chi connectivity index (χ0n) is 28.5. The first-order valence-electron chi connectivity index (χ1n) is 17.3. The van der Waals surface area contributed by atoms with E-state index in [4.69, 9.17) is 15.0 Å². The van der Waals surface area contributed by atoms with E-state index in [9.17, 15) is 0 Å². The molecule has 8 aromatic rings. The van der Waals surface area contributed by atoms with Crippen LogP contribution in [0.2, 0.25) is 0 Å². The van der Waals surface area contributed by atoms with Gasteiger partial charge in [-0.1, -0.05) is 141 Å². The van der Waals surface area contributed by atoms with Crippen molar-refractivity contribution >= 4 is 0 Å². The monoisotopic (exact) mass is 654 g/mol. The van der Waals surface area contributed by atoms with Crippen LogP contribution in [-0.4, -0.2) is 19.9 Å². The standard InChI is InChI=1S/C47H34N4/c1-47(2)42-18-10-9-17-40(42)41-29-35(23-24-43(41)47)38-26-37(32-21-19-31(20-22-32)36-16-11-25-48-30-36)27-39(28-38)46-50-44(33-12-5-3-6-13-33)49-45(51-46)34-14-7-4-8-15-34/h3-30H,1-2H3. The molecule has 0 saturated heterocycles. The van der Waals surface area contributed by atoms with Crippen molar-refractivity contribution in [1.82, 2.24) is 19.9 Å². The molecule has 0 fully saturated rings. The third kappa shape index (κ3) is 5.61. The molecule has 4 heteroatoms. The van der Waals surface area contributed by atoms with Gasteiger partial charge in [-0.05, 0) is 86.0 Å². The van der Waals surface area contributed by atoms with Crippen molar-refractivity contribution in [2.75, 3.05) is 0 Å². The molecule has 2 aromatic heterocycles. The van der Waals surface area contributed by atoms with Gasteiger partial charge in [0, 0.05) is 34.5 Å². The summed E-state index contributed by atoms with van der Waals surface area (Å²) in [6.07, 6.45) is 3.70. The number of fused-ring (bicyclic) bond motifs is 3. The maximum Gasteiger partial charge on any atom is 0.164 e. The quantitative estimate of drug-likeness (QED) is 0.179. The fourth-order valence-corrected chi connectivity index (χ4v) is 7.32. The van der Waals surface area contributed by atoms with E-state index in [1.165, 1.54) is 22.3 Å². The van der Waals surface area contributed by atoms with Gasteiger partial charge < -0.3 is 0 Å². The van der Waals surface area contributed by atoms with E-state index >= 15 is 0 Å². The van der Waals surface area contributed by atoms with Gasteiger partial charge in [0.1, 0.15) is 0 Å². The van der Waals surface area contributed by atoms with Crippen molar-refractivity contribution in [2.45, 2.75) is 19.3 Å². The summed E-state index contributed by atoms with van der Waals surface area (Å²) in [7, 11) is 0. The van der Waals surface area contributed by atoms with Crippen LogP contribution < -0.4 is 0 Å². The molecule has 0 aliphatic heterocycles. The SMILES string of the molecule is CC1(C)c2ccccc2-c2cc(-c3cc(-c4ccc(-c5cccnc5)cc4)cc(-c4nc(-c5ccccc5)nc(-c5ccccc5)n4)c3)ccc21. The Morgan fingerprint density at radius 2 is 0.843 bits per heavy atom. The second kappa shape index (κ2) is 12.4. The van der Waals surface area contributed by atoms with Crippen molar-refractivity contribution in [2.24, 2.45) is 0 Å². The van der Waals surface area contributed by atoms with Crippen LogP contribution in [0.4, 0.5) is 0 Å². The summed E-state index contributed by atoms with van der Waals surface area (Å²) in [5.74, 6) is 1.91. The fraction of sp³-hybridized carbons (Fsp3) is 0.0638. The Morgan fingerprint density at radius 3 is 1.47 bits per heavy atom. The lowest BCUT2D eigenvalue weighted by molar-refractivity contribution is 0.660. The Bertz CT molecular complexity index is 2470. The number of rotatable bonds is 6. The normalized spacial score (nSPS) is 12.7. The minimum atomic E-state index is -0.0555. The van der Waals surface area contributed by atoms with Crippen LogP contribution in [0.1, 0.15) is 25.0 Å². The summed E-state index contributed by atoms with van der Waals surface area (Å²) in [5.41, 5.74) is 14.7. The molecule has 0 unspecified atom stereocenters. The summed E-state index contributed by atoms with van der Waals surface area (Å²) in [6.45, 7) is 4.64. The van der Waals surface area contributed by atoms with E-state index < -0.39 is 0 Å². The van der Waals surface area contributed by atoms with Crippen molar-refractivity contribution in [3.05, 3.63) is 181 Å². The van der Waals surface area contributed by atoms with E-state index in [1.54, 1.807) is 6.20 Å². The highest BCUT2D eigenvalue weighted by atomic mass is 15.0. The second-order valence-corrected chi connectivity index (χ2v) is 13.6. The van der Waals surface area contributed by atoms with Crippen molar-refractivity contribution in [1.29, 1.82) is 0 Å². The number of nitrogens with zero attached hydrogens (tertiary/aromatic N) is 4. The van der Waals surface area contributed by atoms with E-state index in [2.05, 4.69) is 110 Å². The summed E-state index contributed by atoms with van der Waals surface area (Å²) in [4.78, 5) is 19.5. The Kier molecular flexibility index (Phi) is 7.44. The predicted octanol–water partition coefficient (Wildman–Crippen LogP) is 11.6. The van der Waals surface area contributed by atoms with Gasteiger partial charge in [0.05, 0.1) is 0 Å². The Balaban J connectivity index is 1.24. The van der Waals surface area contributed by atoms with Crippen molar-refractivity contribution < 1.29 is 0 Å². The number of hydrogen-bond acceptors (Lipinski definition) is 4. The van der Waals surface area contributed by atoms with Crippen LogP contribution in [-0.2, 0) is 5.41 Å². The van der Waals surface area contributed by atoms with Crippen LogP contribution in [0.15, 0.2) is 170 Å². The molecule has 242 valence electrons. The first-order valence-corrected chi connectivity index (χ1v) is 17.3. The Morgan fingerprint density at radius 1 is 0.353 bits per heavy atom. The van der Waals surface area contributed by atoms with E-state index in [0.29, 0.717) is 17.5 Å². The fourth-order valence-electron chi connectivity index (χ4n) is 7.32. The van der Waals surface area contributed by atoms with Crippen LogP contribution in [0.25, 0.3) is 78.7 Å². The lowest BCUT2D eigenvalue weighted by Crippen LogP contribution is -2.14. The summed E-state index contributed by atoms with van der Waals surface area (Å²) >= 11 is 0. The zero-order chi connectivity index (χ0) is 34.4. The maximum absolute atomic E-state index is 5.10. The highest BCUT2D eigenvalue weighted by Gasteiger charge is 2.35. The van der Waals surface area contributed by atoms with E-state index in [0.717, 1.165) is 50.1 Å². The van der Waals surface area contributed by atoms with E-state index in [-0.39, 0.29) is 5.41 Å². The van der Waals surface area contributed by atoms with Crippen LogP contribution in [0, 0.1) is 0 Å². The van der Waals surface area contributed by atoms with Gasteiger partial charge in [0.25, 0.3) is 0 Å². The van der Waals surface area contributed by atoms with Gasteiger partial charge >= 0.3 is 0 Å². The van der Waals surface area contributed by atoms with Gasteiger partial charge in [-0.15, -0.1) is 0 Å². The van der Waals surface area contributed by atoms with Gasteiger partial charge in [-0.25, -0.2) is 15.0 Å². The van der Waals surface area contributed by atoms with Gasteiger partial charge in [-0.2, -0.15) is 0 Å². The predicted molar refractivity (Wildman–Crippen MR) is 208 cm³/mol. The zero-order valence-corrected chi connectivity index (χ0v) is 28.5. The molecule has 51 heavy (non-hydrogen) atoms. The van der Waals surface area contributed by atoms with Gasteiger partial charge in [0.2, 0.25) is 0 Å². The molecular formula is C47H34N4. The molecule has 0 bridgehead atoms. The van der Waals surface area contributed by atoms with Crippen molar-refractivity contribution in [3.8, 4) is 78.7 Å². The molecule has 0 radical (unpaired) electrons. The second-order valence-electron chi connectivity index (χ2n) is 13.6. The largest absolute Gasteiger partial charge is 0.264 e. The average Bonchev–Trinajstić information content (AvgIpc) is 3.44. The van der Waals surface area contributed by atoms with Gasteiger partial charge in [-0.3, -0.25) is 4.98 Å². The summed E-state index contributed by atoms with van der Waals surface area (Å²) in [6, 6.07) is 55.4. The third-order valence-corrected chi connectivity index (χ3v) is 10.0. The number of pyridine rings is 1. The molecular weight excluding hydrogens is 621 g/mol. The molecule has 1 aliphatic carbocycles. The maximum atomic E-state index is 5.10. The average molecular weight is 655 g/mol. The highest BCUT2D eigenvalue weighted by molar-refractivity contribution is 5.87. The van der Waals surface area contributed by atoms with Crippen LogP contribution >= 0.6 is 0 Å². The van der Waals surface area contributed by atoms with Gasteiger partial charge in [0.15, 0.2) is 17.5 Å². The molecule has 0 saturated carbocycles. The topological polar surface area (TPSA) is 51.6 Å².